The predicted molar refractivity (Wildman–Crippen MR) is 60.0 cm³/mol. The molecule has 1 N–H and O–H groups in total. The first-order valence-corrected chi connectivity index (χ1v) is 5.71. The lowest BCUT2D eigenvalue weighted by molar-refractivity contribution is 0.373. The van der Waals surface area contributed by atoms with Crippen molar-refractivity contribution in [3.63, 3.8) is 0 Å². The van der Waals surface area contributed by atoms with Gasteiger partial charge in [0, 0.05) is 23.1 Å². The van der Waals surface area contributed by atoms with E-state index < -0.39 is 0 Å². The zero-order chi connectivity index (χ0) is 10.7. The van der Waals surface area contributed by atoms with E-state index in [0.29, 0.717) is 5.92 Å². The Morgan fingerprint density at radius 1 is 1.53 bits per heavy atom. The van der Waals surface area contributed by atoms with E-state index in [4.69, 9.17) is 4.52 Å². The minimum atomic E-state index is 0.372. The van der Waals surface area contributed by atoms with Crippen molar-refractivity contribution < 1.29 is 4.52 Å². The Kier molecular flexibility index (Phi) is 3.01. The van der Waals surface area contributed by atoms with Crippen LogP contribution in [0.4, 0.5) is 5.82 Å². The monoisotopic (exact) mass is 223 g/mol. The molecule has 0 saturated heterocycles. The van der Waals surface area contributed by atoms with Crippen LogP contribution in [0.25, 0.3) is 0 Å². The molecule has 0 atom stereocenters. The predicted octanol–water partition coefficient (Wildman–Crippen LogP) is 2.87. The Morgan fingerprint density at radius 2 is 2.40 bits per heavy atom. The zero-order valence-electron chi connectivity index (χ0n) is 8.73. The summed E-state index contributed by atoms with van der Waals surface area (Å²) in [6.45, 7) is 4.90. The average Bonchev–Trinajstić information content (AvgIpc) is 2.86. The lowest BCUT2D eigenvalue weighted by Crippen LogP contribution is -1.96. The van der Waals surface area contributed by atoms with E-state index in [1.807, 2.05) is 17.8 Å². The molecule has 0 aromatic carbocycles. The Morgan fingerprint density at radius 3 is 3.00 bits per heavy atom. The minimum Gasteiger partial charge on any atom is -0.362 e. The van der Waals surface area contributed by atoms with Crippen LogP contribution in [0.3, 0.4) is 0 Å². The van der Waals surface area contributed by atoms with Gasteiger partial charge in [0.25, 0.3) is 0 Å². The fourth-order valence-corrected chi connectivity index (χ4v) is 1.69. The van der Waals surface area contributed by atoms with Crippen molar-refractivity contribution in [1.29, 1.82) is 0 Å². The molecule has 0 fully saturated rings. The number of hydrogen-bond acceptors (Lipinski definition) is 5. The molecule has 2 aromatic rings. The highest BCUT2D eigenvalue weighted by molar-refractivity contribution is 7.09. The molecule has 5 heteroatoms. The summed E-state index contributed by atoms with van der Waals surface area (Å²) < 4.78 is 5.17. The van der Waals surface area contributed by atoms with Gasteiger partial charge in [-0.3, -0.25) is 4.98 Å². The van der Waals surface area contributed by atoms with Crippen molar-refractivity contribution in [2.45, 2.75) is 26.3 Å². The maximum absolute atomic E-state index is 5.17. The molecule has 0 aliphatic carbocycles. The second kappa shape index (κ2) is 4.44. The van der Waals surface area contributed by atoms with Crippen molar-refractivity contribution in [2.24, 2.45) is 0 Å². The van der Waals surface area contributed by atoms with Crippen LogP contribution in [-0.4, -0.2) is 10.1 Å². The van der Waals surface area contributed by atoms with Crippen molar-refractivity contribution >= 4 is 17.2 Å². The molecule has 0 unspecified atom stereocenters. The highest BCUT2D eigenvalue weighted by atomic mass is 32.1. The zero-order valence-corrected chi connectivity index (χ0v) is 9.54. The Labute approximate surface area is 92.3 Å². The summed E-state index contributed by atoms with van der Waals surface area (Å²) >= 11 is 1.62. The second-order valence-electron chi connectivity index (χ2n) is 3.59. The van der Waals surface area contributed by atoms with E-state index >= 15 is 0 Å². The van der Waals surface area contributed by atoms with Crippen LogP contribution in [0.15, 0.2) is 22.3 Å². The van der Waals surface area contributed by atoms with Crippen molar-refractivity contribution in [1.82, 2.24) is 10.1 Å². The van der Waals surface area contributed by atoms with Crippen LogP contribution >= 0.6 is 11.3 Å². The lowest BCUT2D eigenvalue weighted by Gasteiger charge is -1.97. The van der Waals surface area contributed by atoms with Crippen LogP contribution in [0.5, 0.6) is 0 Å². The van der Waals surface area contributed by atoms with E-state index in [0.717, 1.165) is 18.1 Å². The summed E-state index contributed by atoms with van der Waals surface area (Å²) in [6.07, 6.45) is 1.85. The van der Waals surface area contributed by atoms with Crippen LogP contribution in [0, 0.1) is 0 Å². The molecule has 15 heavy (non-hydrogen) atoms. The summed E-state index contributed by atoms with van der Waals surface area (Å²) in [6, 6.07) is 1.94. The van der Waals surface area contributed by atoms with E-state index in [9.17, 15) is 0 Å². The molecule has 4 nitrogen and oxygen atoms in total. The average molecular weight is 223 g/mol. The van der Waals surface area contributed by atoms with Crippen LogP contribution in [0.2, 0.25) is 0 Å². The largest absolute Gasteiger partial charge is 0.362 e. The number of nitrogens with one attached hydrogen (secondary N) is 1. The number of aromatic nitrogens is 2. The van der Waals surface area contributed by atoms with Gasteiger partial charge in [-0.15, -0.1) is 11.3 Å². The molecule has 0 radical (unpaired) electrons. The van der Waals surface area contributed by atoms with Gasteiger partial charge < -0.3 is 9.84 Å². The van der Waals surface area contributed by atoms with Crippen LogP contribution < -0.4 is 5.32 Å². The van der Waals surface area contributed by atoms with Gasteiger partial charge in [0.05, 0.1) is 12.1 Å². The van der Waals surface area contributed by atoms with Gasteiger partial charge in [0.2, 0.25) is 0 Å². The number of thiazole rings is 1. The fraction of sp³-hybridized carbons (Fsp3) is 0.400. The first-order valence-electron chi connectivity index (χ1n) is 4.83. The Bertz CT molecular complexity index is 408. The maximum atomic E-state index is 5.17. The van der Waals surface area contributed by atoms with E-state index in [2.05, 4.69) is 29.3 Å². The normalized spacial score (nSPS) is 10.9. The third kappa shape index (κ3) is 2.56. The summed E-state index contributed by atoms with van der Waals surface area (Å²) in [5, 5.41) is 7.12. The lowest BCUT2D eigenvalue weighted by atomic mass is 10.2. The molecule has 0 saturated carbocycles. The third-order valence-corrected chi connectivity index (χ3v) is 2.80. The smallest absolute Gasteiger partial charge is 0.169 e. The highest BCUT2D eigenvalue weighted by Crippen LogP contribution is 2.18. The van der Waals surface area contributed by atoms with Crippen LogP contribution in [0.1, 0.15) is 30.4 Å². The van der Waals surface area contributed by atoms with Gasteiger partial charge in [-0.05, 0) is 0 Å². The molecule has 0 bridgehead atoms. The number of nitrogens with zero attached hydrogens (tertiary/aromatic N) is 2. The first kappa shape index (κ1) is 10.2. The van der Waals surface area contributed by atoms with E-state index in [1.54, 1.807) is 11.3 Å². The summed E-state index contributed by atoms with van der Waals surface area (Å²) in [7, 11) is 0. The van der Waals surface area contributed by atoms with Gasteiger partial charge in [0.15, 0.2) is 5.82 Å². The standard InChI is InChI=1S/C10H13N3OS/c1-7(2)9-3-10(13-14-9)12-5-8-4-11-6-15-8/h3-4,6-7H,5H2,1-2H3,(H,12,13). The molecule has 0 amide bonds. The molecule has 0 aliphatic heterocycles. The molecular formula is C10H13N3OS. The summed E-state index contributed by atoms with van der Waals surface area (Å²) in [5.41, 5.74) is 1.82. The van der Waals surface area contributed by atoms with Crippen molar-refractivity contribution in [3.8, 4) is 0 Å². The molecule has 0 aliphatic rings. The van der Waals surface area contributed by atoms with E-state index in [-0.39, 0.29) is 0 Å². The van der Waals surface area contributed by atoms with Gasteiger partial charge in [-0.2, -0.15) is 0 Å². The number of anilines is 1. The molecular weight excluding hydrogens is 210 g/mol. The number of rotatable bonds is 4. The summed E-state index contributed by atoms with van der Waals surface area (Å²) in [5.74, 6) is 2.06. The Balaban J connectivity index is 1.94. The van der Waals surface area contributed by atoms with Crippen molar-refractivity contribution in [2.75, 3.05) is 5.32 Å². The Hall–Kier alpha value is -1.36. The minimum absolute atomic E-state index is 0.372. The molecule has 2 heterocycles. The fourth-order valence-electron chi connectivity index (χ4n) is 1.15. The van der Waals surface area contributed by atoms with Crippen molar-refractivity contribution in [3.05, 3.63) is 28.4 Å². The van der Waals surface area contributed by atoms with Gasteiger partial charge in [-0.1, -0.05) is 19.0 Å². The maximum Gasteiger partial charge on any atom is 0.169 e. The first-order chi connectivity index (χ1) is 7.25. The van der Waals surface area contributed by atoms with Gasteiger partial charge in [-0.25, -0.2) is 0 Å². The molecule has 0 spiro atoms. The molecule has 80 valence electrons. The second-order valence-corrected chi connectivity index (χ2v) is 4.56. The topological polar surface area (TPSA) is 51.0 Å². The summed E-state index contributed by atoms with van der Waals surface area (Å²) in [4.78, 5) is 5.19. The van der Waals surface area contributed by atoms with E-state index in [1.165, 1.54) is 4.88 Å². The SMILES string of the molecule is CC(C)c1cc(NCc2cncs2)no1. The van der Waals surface area contributed by atoms with Gasteiger partial charge >= 0.3 is 0 Å². The van der Waals surface area contributed by atoms with Gasteiger partial charge in [0.1, 0.15) is 5.76 Å². The van der Waals surface area contributed by atoms with Crippen LogP contribution in [-0.2, 0) is 6.54 Å². The third-order valence-electron chi connectivity index (χ3n) is 2.02. The molecule has 2 rings (SSSR count). The quantitative estimate of drug-likeness (QED) is 0.866. The molecule has 2 aromatic heterocycles. The number of hydrogen-bond donors (Lipinski definition) is 1. The highest BCUT2D eigenvalue weighted by Gasteiger charge is 2.07.